The van der Waals surface area contributed by atoms with Crippen LogP contribution < -0.4 is 4.74 Å². The number of aromatic nitrogens is 3. The van der Waals surface area contributed by atoms with Crippen LogP contribution in [0.25, 0.3) is 16.6 Å². The van der Waals surface area contributed by atoms with Crippen LogP contribution in [0.3, 0.4) is 0 Å². The molecular formula is C21H17FN4O2. The van der Waals surface area contributed by atoms with Crippen molar-refractivity contribution in [3.8, 4) is 11.4 Å². The molecule has 1 amide bonds. The molecule has 0 atom stereocenters. The molecule has 0 saturated heterocycles. The van der Waals surface area contributed by atoms with Gasteiger partial charge in [0.1, 0.15) is 17.3 Å². The van der Waals surface area contributed by atoms with E-state index in [1.807, 2.05) is 35.0 Å². The van der Waals surface area contributed by atoms with Crippen molar-refractivity contribution in [3.05, 3.63) is 77.5 Å². The first-order valence-electron chi connectivity index (χ1n) is 8.91. The largest absolute Gasteiger partial charge is 0.496 e. The SMILES string of the molecule is COc1ccc(F)c2[nH]c(C(=O)N3Cc4cnn(-c5ccccc5)c4C3)cc12. The monoisotopic (exact) mass is 376 g/mol. The number of hydrogen-bond donors (Lipinski definition) is 1. The summed E-state index contributed by atoms with van der Waals surface area (Å²) in [4.78, 5) is 17.7. The van der Waals surface area contributed by atoms with Gasteiger partial charge in [0, 0.05) is 17.5 Å². The van der Waals surface area contributed by atoms with Gasteiger partial charge in [0.05, 0.1) is 36.7 Å². The number of benzene rings is 2. The first kappa shape index (κ1) is 16.6. The van der Waals surface area contributed by atoms with Crippen LogP contribution in [-0.4, -0.2) is 32.7 Å². The van der Waals surface area contributed by atoms with E-state index in [0.717, 1.165) is 16.9 Å². The third-order valence-corrected chi connectivity index (χ3v) is 5.10. The first-order valence-corrected chi connectivity index (χ1v) is 8.91. The van der Waals surface area contributed by atoms with Crippen LogP contribution in [0.15, 0.2) is 54.7 Å². The van der Waals surface area contributed by atoms with Gasteiger partial charge in [-0.3, -0.25) is 4.79 Å². The van der Waals surface area contributed by atoms with Crippen LogP contribution in [0.4, 0.5) is 4.39 Å². The molecule has 7 heteroatoms. The molecule has 0 radical (unpaired) electrons. The van der Waals surface area contributed by atoms with Crippen molar-refractivity contribution in [1.29, 1.82) is 0 Å². The summed E-state index contributed by atoms with van der Waals surface area (Å²) in [6, 6.07) is 14.3. The number of methoxy groups -OCH3 is 1. The van der Waals surface area contributed by atoms with Gasteiger partial charge in [-0.25, -0.2) is 9.07 Å². The minimum Gasteiger partial charge on any atom is -0.496 e. The number of ether oxygens (including phenoxy) is 1. The molecule has 4 aromatic rings. The Kier molecular flexibility index (Phi) is 3.68. The van der Waals surface area contributed by atoms with Crippen molar-refractivity contribution < 1.29 is 13.9 Å². The second kappa shape index (κ2) is 6.23. The minimum absolute atomic E-state index is 0.187. The Balaban J connectivity index is 1.46. The summed E-state index contributed by atoms with van der Waals surface area (Å²) in [7, 11) is 1.52. The smallest absolute Gasteiger partial charge is 0.270 e. The highest BCUT2D eigenvalue weighted by Crippen LogP contribution is 2.31. The Hall–Kier alpha value is -3.61. The third kappa shape index (κ3) is 2.47. The quantitative estimate of drug-likeness (QED) is 0.594. The van der Waals surface area contributed by atoms with E-state index in [1.54, 1.807) is 23.2 Å². The fraction of sp³-hybridized carbons (Fsp3) is 0.143. The average Bonchev–Trinajstić information content (AvgIpc) is 3.42. The van der Waals surface area contributed by atoms with Gasteiger partial charge < -0.3 is 14.6 Å². The van der Waals surface area contributed by atoms with Gasteiger partial charge in [-0.1, -0.05) is 18.2 Å². The highest BCUT2D eigenvalue weighted by atomic mass is 19.1. The molecule has 1 aliphatic rings. The molecule has 3 heterocycles. The number of halogens is 1. The van der Waals surface area contributed by atoms with E-state index in [9.17, 15) is 9.18 Å². The van der Waals surface area contributed by atoms with E-state index in [1.165, 1.54) is 13.2 Å². The second-order valence-corrected chi connectivity index (χ2v) is 6.75. The summed E-state index contributed by atoms with van der Waals surface area (Å²) >= 11 is 0. The highest BCUT2D eigenvalue weighted by molar-refractivity contribution is 6.00. The lowest BCUT2D eigenvalue weighted by Gasteiger charge is -2.15. The van der Waals surface area contributed by atoms with Gasteiger partial charge in [0.2, 0.25) is 0 Å². The number of nitrogens with zero attached hydrogens (tertiary/aromatic N) is 3. The maximum absolute atomic E-state index is 14.1. The second-order valence-electron chi connectivity index (χ2n) is 6.75. The van der Waals surface area contributed by atoms with Crippen molar-refractivity contribution in [2.45, 2.75) is 13.1 Å². The molecule has 5 rings (SSSR count). The van der Waals surface area contributed by atoms with Crippen LogP contribution in [0.2, 0.25) is 0 Å². The van der Waals surface area contributed by atoms with Crippen LogP contribution in [0, 0.1) is 5.82 Å². The van der Waals surface area contributed by atoms with E-state index < -0.39 is 5.82 Å². The Bertz CT molecular complexity index is 1200. The normalized spacial score (nSPS) is 13.1. The predicted molar refractivity (Wildman–Crippen MR) is 102 cm³/mol. The molecule has 0 saturated carbocycles. The number of amides is 1. The fourth-order valence-electron chi connectivity index (χ4n) is 3.71. The molecule has 0 spiro atoms. The molecule has 0 fully saturated rings. The molecular weight excluding hydrogens is 359 g/mol. The van der Waals surface area contributed by atoms with E-state index in [0.29, 0.717) is 29.9 Å². The number of rotatable bonds is 3. The summed E-state index contributed by atoms with van der Waals surface area (Å²) < 4.78 is 21.3. The van der Waals surface area contributed by atoms with Crippen LogP contribution >= 0.6 is 0 Å². The van der Waals surface area contributed by atoms with E-state index in [-0.39, 0.29) is 11.4 Å². The average molecular weight is 376 g/mol. The number of hydrogen-bond acceptors (Lipinski definition) is 3. The van der Waals surface area contributed by atoms with Gasteiger partial charge in [-0.2, -0.15) is 5.10 Å². The van der Waals surface area contributed by atoms with Crippen molar-refractivity contribution in [2.75, 3.05) is 7.11 Å². The zero-order valence-electron chi connectivity index (χ0n) is 15.1. The number of para-hydroxylation sites is 1. The molecule has 0 unspecified atom stereocenters. The molecule has 0 bridgehead atoms. The Labute approximate surface area is 160 Å². The molecule has 28 heavy (non-hydrogen) atoms. The Morgan fingerprint density at radius 2 is 2.00 bits per heavy atom. The minimum atomic E-state index is -0.417. The highest BCUT2D eigenvalue weighted by Gasteiger charge is 2.29. The zero-order valence-corrected chi connectivity index (χ0v) is 15.1. The number of aromatic amines is 1. The van der Waals surface area contributed by atoms with Crippen molar-refractivity contribution in [2.24, 2.45) is 0 Å². The van der Waals surface area contributed by atoms with Crippen LogP contribution in [0.1, 0.15) is 21.7 Å². The number of carbonyl (C=O) groups is 1. The summed E-state index contributed by atoms with van der Waals surface area (Å²) in [6.45, 7) is 0.911. The lowest BCUT2D eigenvalue weighted by atomic mass is 10.2. The van der Waals surface area contributed by atoms with Gasteiger partial charge in [0.15, 0.2) is 0 Å². The van der Waals surface area contributed by atoms with Crippen molar-refractivity contribution in [3.63, 3.8) is 0 Å². The van der Waals surface area contributed by atoms with E-state index in [4.69, 9.17) is 4.74 Å². The number of carbonyl (C=O) groups excluding carboxylic acids is 1. The maximum atomic E-state index is 14.1. The Morgan fingerprint density at radius 3 is 2.79 bits per heavy atom. The summed E-state index contributed by atoms with van der Waals surface area (Å²) in [5, 5.41) is 5.00. The number of nitrogens with one attached hydrogen (secondary N) is 1. The third-order valence-electron chi connectivity index (χ3n) is 5.10. The van der Waals surface area contributed by atoms with Gasteiger partial charge in [-0.05, 0) is 30.3 Å². The van der Waals surface area contributed by atoms with E-state index in [2.05, 4.69) is 10.1 Å². The lowest BCUT2D eigenvalue weighted by molar-refractivity contribution is 0.0744. The van der Waals surface area contributed by atoms with Gasteiger partial charge >= 0.3 is 0 Å². The molecule has 0 aliphatic carbocycles. The molecule has 140 valence electrons. The van der Waals surface area contributed by atoms with Crippen LogP contribution in [-0.2, 0) is 13.1 Å². The summed E-state index contributed by atoms with van der Waals surface area (Å²) in [5.74, 6) is -0.0798. The van der Waals surface area contributed by atoms with Gasteiger partial charge in [0.25, 0.3) is 5.91 Å². The topological polar surface area (TPSA) is 63.2 Å². The summed E-state index contributed by atoms with van der Waals surface area (Å²) in [5.41, 5.74) is 3.56. The van der Waals surface area contributed by atoms with Crippen molar-refractivity contribution >= 4 is 16.8 Å². The molecule has 2 aromatic carbocycles. The number of H-pyrrole nitrogens is 1. The molecule has 6 nitrogen and oxygen atoms in total. The maximum Gasteiger partial charge on any atom is 0.270 e. The standard InChI is InChI=1S/C21H17FN4O2/c1-28-19-8-7-16(22)20-15(19)9-17(24-20)21(27)25-11-13-10-23-26(18(13)12-25)14-5-3-2-4-6-14/h2-10,24H,11-12H2,1H3. The molecule has 2 aromatic heterocycles. The molecule has 1 aliphatic heterocycles. The van der Waals surface area contributed by atoms with Crippen LogP contribution in [0.5, 0.6) is 5.75 Å². The molecule has 1 N–H and O–H groups in total. The zero-order chi connectivity index (χ0) is 19.3. The van der Waals surface area contributed by atoms with Crippen molar-refractivity contribution in [1.82, 2.24) is 19.7 Å². The lowest BCUT2D eigenvalue weighted by Crippen LogP contribution is -2.26. The van der Waals surface area contributed by atoms with E-state index >= 15 is 0 Å². The number of fused-ring (bicyclic) bond motifs is 2. The Morgan fingerprint density at radius 1 is 1.18 bits per heavy atom. The van der Waals surface area contributed by atoms with Gasteiger partial charge in [-0.15, -0.1) is 0 Å². The fourth-order valence-corrected chi connectivity index (χ4v) is 3.71. The summed E-state index contributed by atoms with van der Waals surface area (Å²) in [6.07, 6.45) is 1.80. The first-order chi connectivity index (χ1) is 13.7. The predicted octanol–water partition coefficient (Wildman–Crippen LogP) is 3.66.